The van der Waals surface area contributed by atoms with E-state index >= 15 is 0 Å². The summed E-state index contributed by atoms with van der Waals surface area (Å²) < 4.78 is 13.8. The number of anilines is 1. The number of carbonyl (C=O) groups is 1. The number of hydrogen-bond donors (Lipinski definition) is 3. The zero-order valence-electron chi connectivity index (χ0n) is 7.14. The number of fused-ring (bicyclic) bond motifs is 1. The summed E-state index contributed by atoms with van der Waals surface area (Å²) in [5, 5.41) is 5.33. The highest BCUT2D eigenvalue weighted by Crippen LogP contribution is 2.35. The van der Waals surface area contributed by atoms with Crippen molar-refractivity contribution >= 4 is 51.8 Å². The number of halogens is 3. The first-order chi connectivity index (χ1) is 7.00. The molecule has 0 aliphatic carbocycles. The molecule has 1 aliphatic heterocycles. The molecule has 80 valence electrons. The molecule has 7 heteroatoms. The second-order valence-electron chi connectivity index (χ2n) is 2.93. The van der Waals surface area contributed by atoms with E-state index in [4.69, 9.17) is 11.6 Å². The number of nitrogens with one attached hydrogen (secondary N) is 2. The van der Waals surface area contributed by atoms with Gasteiger partial charge in [-0.2, -0.15) is 0 Å². The zero-order valence-corrected chi connectivity index (χ0v) is 10.4. The Kier molecular flexibility index (Phi) is 2.83. The second-order valence-corrected chi connectivity index (χ2v) is 4.65. The van der Waals surface area contributed by atoms with E-state index in [9.17, 15) is 9.18 Å². The quantitative estimate of drug-likeness (QED) is 0.509. The normalized spacial score (nSPS) is 19.2. The molecule has 1 heterocycles. The summed E-state index contributed by atoms with van der Waals surface area (Å²) in [7, 11) is 0. The number of amides is 1. The molecule has 0 fully saturated rings. The summed E-state index contributed by atoms with van der Waals surface area (Å²) in [6, 6.07) is 1.39. The van der Waals surface area contributed by atoms with Crippen molar-refractivity contribution in [1.82, 2.24) is 5.32 Å². The van der Waals surface area contributed by atoms with Crippen LogP contribution in [0.3, 0.4) is 0 Å². The Morgan fingerprint density at radius 1 is 1.53 bits per heavy atom. The number of carbonyl (C=O) groups excluding carboxylic acids is 1. The molecule has 0 saturated heterocycles. The van der Waals surface area contributed by atoms with Crippen LogP contribution in [0.2, 0.25) is 5.02 Å². The van der Waals surface area contributed by atoms with E-state index in [0.717, 1.165) is 0 Å². The van der Waals surface area contributed by atoms with Crippen LogP contribution in [0.5, 0.6) is 0 Å². The third kappa shape index (κ3) is 1.81. The average molecular weight is 312 g/mol. The highest BCUT2D eigenvalue weighted by Gasteiger charge is 2.26. The van der Waals surface area contributed by atoms with E-state index in [1.807, 2.05) is 0 Å². The Hall–Kier alpha value is -0.460. The lowest BCUT2D eigenvalue weighted by molar-refractivity contribution is 0.0948. The van der Waals surface area contributed by atoms with Crippen LogP contribution in [0, 0.1) is 5.82 Å². The third-order valence-electron chi connectivity index (χ3n) is 1.96. The van der Waals surface area contributed by atoms with Crippen LogP contribution >= 0.6 is 40.2 Å². The molecule has 0 radical (unpaired) electrons. The van der Waals surface area contributed by atoms with E-state index < -0.39 is 17.2 Å². The van der Waals surface area contributed by atoms with Gasteiger partial charge in [0.15, 0.2) is 5.82 Å². The molecule has 0 aromatic heterocycles. The minimum atomic E-state index is -0.604. The fourth-order valence-electron chi connectivity index (χ4n) is 1.29. The van der Waals surface area contributed by atoms with Crippen molar-refractivity contribution < 1.29 is 9.18 Å². The Morgan fingerprint density at radius 2 is 2.20 bits per heavy atom. The molecule has 0 spiro atoms. The lowest BCUT2D eigenvalue weighted by atomic mass is 10.1. The molecule has 0 saturated carbocycles. The predicted molar refractivity (Wildman–Crippen MR) is 63.0 cm³/mol. The van der Waals surface area contributed by atoms with Gasteiger partial charge in [0.25, 0.3) is 5.91 Å². The minimum absolute atomic E-state index is 0.107. The van der Waals surface area contributed by atoms with Gasteiger partial charge in [-0.3, -0.25) is 4.79 Å². The fourth-order valence-corrected chi connectivity index (χ4v) is 2.04. The van der Waals surface area contributed by atoms with E-state index in [2.05, 4.69) is 39.2 Å². The van der Waals surface area contributed by atoms with Crippen molar-refractivity contribution in [3.8, 4) is 0 Å². The van der Waals surface area contributed by atoms with Crippen LogP contribution < -0.4 is 10.6 Å². The van der Waals surface area contributed by atoms with Crippen LogP contribution in [-0.2, 0) is 0 Å². The Balaban J connectivity index is 2.66. The van der Waals surface area contributed by atoms with E-state index in [1.165, 1.54) is 6.07 Å². The molecule has 0 bridgehead atoms. The molecule has 3 nitrogen and oxygen atoms in total. The summed E-state index contributed by atoms with van der Waals surface area (Å²) >= 11 is 12.7. The fraction of sp³-hybridized carbons (Fsp3) is 0.125. The van der Waals surface area contributed by atoms with Crippen molar-refractivity contribution in [3.05, 3.63) is 26.9 Å². The lowest BCUT2D eigenvalue weighted by Crippen LogP contribution is -2.41. The van der Waals surface area contributed by atoms with Crippen LogP contribution in [0.1, 0.15) is 10.4 Å². The standard InChI is InChI=1S/C8H5BrClFN2OS/c9-4-3(10)1-2-6(5(4)11)12-8(15)13-7(2)14/h1,8,12,15H,(H,13,14). The third-order valence-corrected chi connectivity index (χ3v) is 3.52. The maximum absolute atomic E-state index is 13.7. The molecule has 1 atom stereocenters. The maximum Gasteiger partial charge on any atom is 0.255 e. The molecule has 2 rings (SSSR count). The largest absolute Gasteiger partial charge is 0.354 e. The highest BCUT2D eigenvalue weighted by molar-refractivity contribution is 9.10. The van der Waals surface area contributed by atoms with E-state index in [-0.39, 0.29) is 20.7 Å². The number of hydrogen-bond acceptors (Lipinski definition) is 3. The first kappa shape index (κ1) is 11.0. The van der Waals surface area contributed by atoms with Gasteiger partial charge in [0.1, 0.15) is 5.50 Å². The van der Waals surface area contributed by atoms with Gasteiger partial charge in [-0.1, -0.05) is 11.6 Å². The molecular weight excluding hydrogens is 307 g/mol. The second kappa shape index (κ2) is 3.84. The molecule has 1 aromatic carbocycles. The molecule has 2 N–H and O–H groups in total. The van der Waals surface area contributed by atoms with Gasteiger partial charge in [-0.25, -0.2) is 4.39 Å². The summed E-state index contributed by atoms with van der Waals surface area (Å²) in [5.74, 6) is -0.997. The predicted octanol–water partition coefficient (Wildman–Crippen LogP) is 2.61. The first-order valence-electron chi connectivity index (χ1n) is 3.93. The van der Waals surface area contributed by atoms with Crippen LogP contribution in [-0.4, -0.2) is 11.4 Å². The zero-order chi connectivity index (χ0) is 11.2. The maximum atomic E-state index is 13.7. The van der Waals surface area contributed by atoms with Gasteiger partial charge in [0.05, 0.1) is 20.7 Å². The minimum Gasteiger partial charge on any atom is -0.354 e. The molecule has 1 unspecified atom stereocenters. The monoisotopic (exact) mass is 310 g/mol. The van der Waals surface area contributed by atoms with Crippen LogP contribution in [0.4, 0.5) is 10.1 Å². The molecule has 1 aliphatic rings. The van der Waals surface area contributed by atoms with Crippen molar-refractivity contribution in [2.24, 2.45) is 0 Å². The Morgan fingerprint density at radius 3 is 2.87 bits per heavy atom. The van der Waals surface area contributed by atoms with Gasteiger partial charge in [0.2, 0.25) is 0 Å². The van der Waals surface area contributed by atoms with Crippen molar-refractivity contribution in [2.45, 2.75) is 5.50 Å². The lowest BCUT2D eigenvalue weighted by Gasteiger charge is -2.25. The smallest absolute Gasteiger partial charge is 0.255 e. The van der Waals surface area contributed by atoms with Gasteiger partial charge in [-0.15, -0.1) is 12.6 Å². The SMILES string of the molecule is O=C1NC(S)Nc2c1cc(Cl)c(Br)c2F. The van der Waals surface area contributed by atoms with Gasteiger partial charge in [0, 0.05) is 0 Å². The molecule has 1 amide bonds. The topological polar surface area (TPSA) is 41.1 Å². The summed E-state index contributed by atoms with van der Waals surface area (Å²) in [6.07, 6.45) is 0. The number of rotatable bonds is 0. The average Bonchev–Trinajstić information content (AvgIpc) is 2.17. The van der Waals surface area contributed by atoms with Crippen molar-refractivity contribution in [3.63, 3.8) is 0 Å². The molecule has 1 aromatic rings. The number of benzene rings is 1. The van der Waals surface area contributed by atoms with Crippen LogP contribution in [0.25, 0.3) is 0 Å². The number of thiol groups is 1. The van der Waals surface area contributed by atoms with Crippen LogP contribution in [0.15, 0.2) is 10.5 Å². The Bertz CT molecular complexity index is 457. The Labute approximate surface area is 104 Å². The summed E-state index contributed by atoms with van der Waals surface area (Å²) in [6.45, 7) is 0. The molecular formula is C8H5BrClFN2OS. The molecule has 15 heavy (non-hydrogen) atoms. The van der Waals surface area contributed by atoms with Crippen molar-refractivity contribution in [1.29, 1.82) is 0 Å². The summed E-state index contributed by atoms with van der Waals surface area (Å²) in [5.41, 5.74) is -0.325. The van der Waals surface area contributed by atoms with E-state index in [1.54, 1.807) is 0 Å². The van der Waals surface area contributed by atoms with Gasteiger partial charge >= 0.3 is 0 Å². The van der Waals surface area contributed by atoms with Gasteiger partial charge < -0.3 is 10.6 Å². The van der Waals surface area contributed by atoms with Crippen molar-refractivity contribution in [2.75, 3.05) is 5.32 Å². The van der Waals surface area contributed by atoms with Gasteiger partial charge in [-0.05, 0) is 22.0 Å². The highest BCUT2D eigenvalue weighted by atomic mass is 79.9. The van der Waals surface area contributed by atoms with E-state index in [0.29, 0.717) is 0 Å². The summed E-state index contributed by atoms with van der Waals surface area (Å²) in [4.78, 5) is 11.5. The first-order valence-corrected chi connectivity index (χ1v) is 5.62.